The molecular formula is C19H22F3N3O4S. The summed E-state index contributed by atoms with van der Waals surface area (Å²) in [6, 6.07) is 5.75. The van der Waals surface area contributed by atoms with Gasteiger partial charge in [-0.05, 0) is 18.9 Å². The zero-order chi connectivity index (χ0) is 21.6. The van der Waals surface area contributed by atoms with E-state index in [0.29, 0.717) is 12.5 Å². The Morgan fingerprint density at radius 2 is 2.03 bits per heavy atom. The van der Waals surface area contributed by atoms with Crippen molar-refractivity contribution in [1.29, 1.82) is 0 Å². The Hall–Kier alpha value is -2.24. The first-order chi connectivity index (χ1) is 14.3. The van der Waals surface area contributed by atoms with Crippen molar-refractivity contribution in [2.24, 2.45) is 0 Å². The standard InChI is InChI=1S/C17H21N3O2S.C2HF3O2/c1-2-6-18-15(3-1)22-14-11-17(21-13-14)4-8-20(9-5-17)12-16-19-7-10-23-16;3-2(4,5)1(6)7/h1-3,6-7,10,14H,4-5,8-9,11-13H2;(H,6,7). The number of aliphatic carboxylic acids is 1. The Kier molecular flexibility index (Phi) is 7.27. The Morgan fingerprint density at radius 3 is 2.60 bits per heavy atom. The van der Waals surface area contributed by atoms with E-state index >= 15 is 0 Å². The van der Waals surface area contributed by atoms with E-state index in [9.17, 15) is 13.2 Å². The number of piperidine rings is 1. The minimum absolute atomic E-state index is 0.00117. The average molecular weight is 445 g/mol. The lowest BCUT2D eigenvalue weighted by molar-refractivity contribution is -0.192. The highest BCUT2D eigenvalue weighted by atomic mass is 32.1. The van der Waals surface area contributed by atoms with Gasteiger partial charge in [0.05, 0.1) is 18.8 Å². The lowest BCUT2D eigenvalue weighted by Crippen LogP contribution is -2.44. The Balaban J connectivity index is 0.000000318. The van der Waals surface area contributed by atoms with Crippen LogP contribution in [0.5, 0.6) is 5.88 Å². The maximum absolute atomic E-state index is 10.6. The molecular weight excluding hydrogens is 423 g/mol. The second kappa shape index (κ2) is 9.71. The van der Waals surface area contributed by atoms with Crippen molar-refractivity contribution in [2.75, 3.05) is 19.7 Å². The van der Waals surface area contributed by atoms with Crippen LogP contribution in [0.1, 0.15) is 24.3 Å². The van der Waals surface area contributed by atoms with Crippen molar-refractivity contribution in [2.45, 2.75) is 43.7 Å². The summed E-state index contributed by atoms with van der Waals surface area (Å²) in [6.07, 6.45) is 1.79. The van der Waals surface area contributed by atoms with Gasteiger partial charge in [-0.25, -0.2) is 14.8 Å². The number of halogens is 3. The van der Waals surface area contributed by atoms with Crippen LogP contribution in [0.25, 0.3) is 0 Å². The van der Waals surface area contributed by atoms with E-state index in [4.69, 9.17) is 19.4 Å². The SMILES string of the molecule is O=C(O)C(F)(F)F.c1ccc(OC2COC3(CCN(Cc4nccs4)CC3)C2)nc1. The van der Waals surface area contributed by atoms with E-state index in [1.54, 1.807) is 17.5 Å². The molecule has 1 atom stereocenters. The van der Waals surface area contributed by atoms with E-state index in [-0.39, 0.29) is 11.7 Å². The third-order valence-electron chi connectivity index (χ3n) is 4.95. The van der Waals surface area contributed by atoms with Gasteiger partial charge in [0.15, 0.2) is 0 Å². The monoisotopic (exact) mass is 445 g/mol. The van der Waals surface area contributed by atoms with Gasteiger partial charge in [-0.2, -0.15) is 13.2 Å². The number of alkyl halides is 3. The van der Waals surface area contributed by atoms with Crippen molar-refractivity contribution >= 4 is 17.3 Å². The summed E-state index contributed by atoms with van der Waals surface area (Å²) in [7, 11) is 0. The van der Waals surface area contributed by atoms with Crippen molar-refractivity contribution < 1.29 is 32.5 Å². The van der Waals surface area contributed by atoms with Crippen LogP contribution >= 0.6 is 11.3 Å². The topological polar surface area (TPSA) is 84.8 Å². The molecule has 2 saturated heterocycles. The molecule has 4 rings (SSSR count). The molecule has 0 bridgehead atoms. The average Bonchev–Trinajstić information content (AvgIpc) is 3.35. The largest absolute Gasteiger partial charge is 0.490 e. The molecule has 0 saturated carbocycles. The summed E-state index contributed by atoms with van der Waals surface area (Å²) >= 11 is 1.73. The van der Waals surface area contributed by atoms with Gasteiger partial charge in [0.1, 0.15) is 11.1 Å². The maximum atomic E-state index is 10.6. The summed E-state index contributed by atoms with van der Waals surface area (Å²) in [5.41, 5.74) is -0.00117. The number of aromatic nitrogens is 2. The zero-order valence-corrected chi connectivity index (χ0v) is 16.9. The number of hydrogen-bond donors (Lipinski definition) is 1. The molecule has 2 aromatic heterocycles. The van der Waals surface area contributed by atoms with E-state index in [0.717, 1.165) is 38.9 Å². The lowest BCUT2D eigenvalue weighted by Gasteiger charge is -2.38. The fourth-order valence-electron chi connectivity index (χ4n) is 3.46. The van der Waals surface area contributed by atoms with Gasteiger partial charge in [0, 0.05) is 43.4 Å². The minimum atomic E-state index is -5.08. The maximum Gasteiger partial charge on any atom is 0.490 e. The number of ether oxygens (including phenoxy) is 2. The smallest absolute Gasteiger partial charge is 0.475 e. The molecule has 2 aliphatic heterocycles. The first kappa shape index (κ1) is 22.4. The Labute approximate surface area is 175 Å². The van der Waals surface area contributed by atoms with E-state index in [1.807, 2.05) is 29.8 Å². The third kappa shape index (κ3) is 6.38. The second-order valence-corrected chi connectivity index (χ2v) is 8.09. The predicted molar refractivity (Wildman–Crippen MR) is 102 cm³/mol. The van der Waals surface area contributed by atoms with Gasteiger partial charge in [-0.3, -0.25) is 4.90 Å². The van der Waals surface area contributed by atoms with Crippen molar-refractivity contribution in [1.82, 2.24) is 14.9 Å². The van der Waals surface area contributed by atoms with E-state index in [2.05, 4.69) is 14.9 Å². The molecule has 2 fully saturated rings. The molecule has 1 unspecified atom stereocenters. The molecule has 2 aliphatic rings. The van der Waals surface area contributed by atoms with Crippen LogP contribution in [0.15, 0.2) is 36.0 Å². The molecule has 1 spiro atoms. The molecule has 0 radical (unpaired) electrons. The van der Waals surface area contributed by atoms with Crippen LogP contribution in [0.4, 0.5) is 13.2 Å². The molecule has 0 amide bonds. The number of carbonyl (C=O) groups is 1. The summed E-state index contributed by atoms with van der Waals surface area (Å²) < 4.78 is 43.9. The Morgan fingerprint density at radius 1 is 1.30 bits per heavy atom. The predicted octanol–water partition coefficient (Wildman–Crippen LogP) is 3.37. The van der Waals surface area contributed by atoms with Crippen LogP contribution in [-0.2, 0) is 16.1 Å². The first-order valence-corrected chi connectivity index (χ1v) is 10.3. The van der Waals surface area contributed by atoms with Crippen LogP contribution in [-0.4, -0.2) is 63.5 Å². The number of rotatable bonds is 4. The van der Waals surface area contributed by atoms with E-state index < -0.39 is 12.1 Å². The third-order valence-corrected chi connectivity index (χ3v) is 5.72. The van der Waals surface area contributed by atoms with Crippen LogP contribution in [0.3, 0.4) is 0 Å². The Bertz CT molecular complexity index is 797. The highest BCUT2D eigenvalue weighted by Crippen LogP contribution is 2.37. The number of thiazole rings is 1. The molecule has 1 N–H and O–H groups in total. The molecule has 11 heteroatoms. The van der Waals surface area contributed by atoms with Gasteiger partial charge in [0.25, 0.3) is 0 Å². The number of nitrogens with zero attached hydrogens (tertiary/aromatic N) is 3. The number of carboxylic acid groups (broad SMARTS) is 1. The fourth-order valence-corrected chi connectivity index (χ4v) is 4.11. The molecule has 164 valence electrons. The first-order valence-electron chi connectivity index (χ1n) is 9.38. The fraction of sp³-hybridized carbons (Fsp3) is 0.526. The molecule has 0 aromatic carbocycles. The number of carboxylic acids is 1. The van der Waals surface area contributed by atoms with Crippen LogP contribution in [0.2, 0.25) is 0 Å². The molecule has 30 heavy (non-hydrogen) atoms. The summed E-state index contributed by atoms with van der Waals surface area (Å²) in [5, 5.41) is 10.4. The quantitative estimate of drug-likeness (QED) is 0.772. The van der Waals surface area contributed by atoms with Gasteiger partial charge >= 0.3 is 12.1 Å². The minimum Gasteiger partial charge on any atom is -0.475 e. The van der Waals surface area contributed by atoms with Crippen molar-refractivity contribution in [3.05, 3.63) is 41.0 Å². The number of likely N-dealkylation sites (tertiary alicyclic amines) is 1. The van der Waals surface area contributed by atoms with Crippen molar-refractivity contribution in [3.8, 4) is 5.88 Å². The normalized spacial score (nSPS) is 21.1. The zero-order valence-electron chi connectivity index (χ0n) is 16.0. The highest BCUT2D eigenvalue weighted by Gasteiger charge is 2.43. The molecule has 4 heterocycles. The van der Waals surface area contributed by atoms with Gasteiger partial charge in [-0.15, -0.1) is 11.3 Å². The van der Waals surface area contributed by atoms with Gasteiger partial charge in [-0.1, -0.05) is 6.07 Å². The molecule has 7 nitrogen and oxygen atoms in total. The summed E-state index contributed by atoms with van der Waals surface area (Å²) in [6.45, 7) is 3.76. The number of pyridine rings is 1. The molecule has 0 aliphatic carbocycles. The van der Waals surface area contributed by atoms with Gasteiger partial charge in [0.2, 0.25) is 5.88 Å². The highest BCUT2D eigenvalue weighted by molar-refractivity contribution is 7.09. The lowest BCUT2D eigenvalue weighted by atomic mass is 9.88. The number of hydrogen-bond acceptors (Lipinski definition) is 7. The van der Waals surface area contributed by atoms with Crippen molar-refractivity contribution in [3.63, 3.8) is 0 Å². The van der Waals surface area contributed by atoms with Gasteiger partial charge < -0.3 is 14.6 Å². The summed E-state index contributed by atoms with van der Waals surface area (Å²) in [5.74, 6) is -2.06. The van der Waals surface area contributed by atoms with Crippen LogP contribution in [0, 0.1) is 0 Å². The molecule has 2 aromatic rings. The van der Waals surface area contributed by atoms with E-state index in [1.165, 1.54) is 5.01 Å². The summed E-state index contributed by atoms with van der Waals surface area (Å²) in [4.78, 5) is 20.0. The van der Waals surface area contributed by atoms with Crippen LogP contribution < -0.4 is 4.74 Å². The second-order valence-electron chi connectivity index (χ2n) is 7.11.